The van der Waals surface area contributed by atoms with Gasteiger partial charge in [0.1, 0.15) is 17.2 Å². The number of rotatable bonds is 10. The Hall–Kier alpha value is -3.87. The fourth-order valence-corrected chi connectivity index (χ4v) is 3.94. The van der Waals surface area contributed by atoms with E-state index in [2.05, 4.69) is 4.98 Å². The molecule has 1 aliphatic heterocycles. The number of imide groups is 1. The molecule has 3 aromatic rings. The molecule has 4 rings (SSSR count). The Morgan fingerprint density at radius 2 is 1.76 bits per heavy atom. The molecule has 2 aromatic heterocycles. The van der Waals surface area contributed by atoms with E-state index in [1.54, 1.807) is 24.5 Å². The molecule has 7 heteroatoms. The van der Waals surface area contributed by atoms with E-state index >= 15 is 0 Å². The molecule has 0 unspecified atom stereocenters. The summed E-state index contributed by atoms with van der Waals surface area (Å²) in [4.78, 5) is 34.3. The van der Waals surface area contributed by atoms with Crippen molar-refractivity contribution < 1.29 is 18.7 Å². The van der Waals surface area contributed by atoms with Crippen molar-refractivity contribution in [2.45, 2.75) is 26.8 Å². The second-order valence-electron chi connectivity index (χ2n) is 7.64. The first-order chi connectivity index (χ1) is 16.1. The molecular formula is C26H27N3O4. The number of nitrogens with zero attached hydrogens (tertiary/aromatic N) is 3. The molecule has 0 spiro atoms. The number of aromatic nitrogens is 1. The van der Waals surface area contributed by atoms with Crippen LogP contribution in [0.5, 0.6) is 5.75 Å². The molecule has 0 saturated carbocycles. The van der Waals surface area contributed by atoms with Crippen molar-refractivity contribution in [3.63, 3.8) is 0 Å². The summed E-state index contributed by atoms with van der Waals surface area (Å²) < 4.78 is 10.9. The van der Waals surface area contributed by atoms with Gasteiger partial charge in [-0.15, -0.1) is 0 Å². The predicted molar refractivity (Wildman–Crippen MR) is 124 cm³/mol. The van der Waals surface area contributed by atoms with Crippen molar-refractivity contribution in [1.29, 1.82) is 0 Å². The lowest BCUT2D eigenvalue weighted by molar-refractivity contribution is -0.138. The lowest BCUT2D eigenvalue weighted by Gasteiger charge is -2.24. The number of benzene rings is 1. The standard InChI is InChI=1S/C26H27N3O4/c1-3-28(16-13-19-11-14-27-15-12-19)24-23(20-7-9-21(10-8-20)32-4-2)25(30)29(26(24)31)18-22-6-5-17-33-22/h5-12,14-15,17H,3-4,13,16,18H2,1-2H3. The van der Waals surface area contributed by atoms with Crippen LogP contribution in [-0.4, -0.2) is 46.3 Å². The van der Waals surface area contributed by atoms with Crippen LogP contribution in [0, 0.1) is 0 Å². The second kappa shape index (κ2) is 10.2. The minimum absolute atomic E-state index is 0.0939. The summed E-state index contributed by atoms with van der Waals surface area (Å²) in [7, 11) is 0. The molecule has 3 heterocycles. The molecular weight excluding hydrogens is 418 g/mol. The number of carbonyl (C=O) groups excluding carboxylic acids is 2. The molecule has 2 amide bonds. The number of ether oxygens (including phenoxy) is 1. The quantitative estimate of drug-likeness (QED) is 0.441. The van der Waals surface area contributed by atoms with E-state index < -0.39 is 0 Å². The van der Waals surface area contributed by atoms with E-state index in [9.17, 15) is 9.59 Å². The summed E-state index contributed by atoms with van der Waals surface area (Å²) in [5.41, 5.74) is 2.64. The maximum Gasteiger partial charge on any atom is 0.278 e. The van der Waals surface area contributed by atoms with Crippen molar-refractivity contribution in [1.82, 2.24) is 14.8 Å². The topological polar surface area (TPSA) is 75.9 Å². The van der Waals surface area contributed by atoms with Crippen LogP contribution in [-0.2, 0) is 22.6 Å². The maximum absolute atomic E-state index is 13.5. The van der Waals surface area contributed by atoms with Gasteiger partial charge in [-0.1, -0.05) is 12.1 Å². The van der Waals surface area contributed by atoms with E-state index in [0.717, 1.165) is 17.7 Å². The summed E-state index contributed by atoms with van der Waals surface area (Å²) in [6.07, 6.45) is 5.78. The Morgan fingerprint density at radius 1 is 1.00 bits per heavy atom. The molecule has 0 saturated heterocycles. The van der Waals surface area contributed by atoms with Gasteiger partial charge in [-0.3, -0.25) is 19.5 Å². The molecule has 33 heavy (non-hydrogen) atoms. The first-order valence-electron chi connectivity index (χ1n) is 11.1. The van der Waals surface area contributed by atoms with Gasteiger partial charge in [0.05, 0.1) is 25.0 Å². The number of amides is 2. The van der Waals surface area contributed by atoms with Crippen LogP contribution in [0.15, 0.2) is 77.3 Å². The number of hydrogen-bond donors (Lipinski definition) is 0. The Balaban J connectivity index is 1.69. The SMILES string of the molecule is CCOc1ccc(C2=C(N(CC)CCc3ccncc3)C(=O)N(Cc3ccco3)C2=O)cc1. The highest BCUT2D eigenvalue weighted by Gasteiger charge is 2.41. The predicted octanol–water partition coefficient (Wildman–Crippen LogP) is 3.92. The van der Waals surface area contributed by atoms with Crippen LogP contribution in [0.1, 0.15) is 30.7 Å². The third-order valence-electron chi connectivity index (χ3n) is 5.61. The maximum atomic E-state index is 13.5. The first-order valence-corrected chi connectivity index (χ1v) is 11.1. The molecule has 170 valence electrons. The number of hydrogen-bond acceptors (Lipinski definition) is 6. The average Bonchev–Trinajstić information content (AvgIpc) is 3.44. The molecule has 0 N–H and O–H groups in total. The zero-order chi connectivity index (χ0) is 23.2. The van der Waals surface area contributed by atoms with Gasteiger partial charge < -0.3 is 14.1 Å². The van der Waals surface area contributed by atoms with E-state index in [1.807, 2.05) is 55.1 Å². The normalized spacial score (nSPS) is 13.7. The fraction of sp³-hybridized carbons (Fsp3) is 0.269. The van der Waals surface area contributed by atoms with E-state index in [4.69, 9.17) is 9.15 Å². The van der Waals surface area contributed by atoms with Gasteiger partial charge in [0.2, 0.25) is 0 Å². The number of likely N-dealkylation sites (N-methyl/N-ethyl adjacent to an activating group) is 1. The summed E-state index contributed by atoms with van der Waals surface area (Å²) in [5.74, 6) is 0.649. The minimum atomic E-state index is -0.321. The van der Waals surface area contributed by atoms with Gasteiger partial charge in [-0.05, 0) is 67.8 Å². The highest BCUT2D eigenvalue weighted by atomic mass is 16.5. The van der Waals surface area contributed by atoms with E-state index in [-0.39, 0.29) is 18.4 Å². The zero-order valence-electron chi connectivity index (χ0n) is 18.9. The van der Waals surface area contributed by atoms with Gasteiger partial charge in [0, 0.05) is 25.5 Å². The van der Waals surface area contributed by atoms with Gasteiger partial charge in [-0.25, -0.2) is 0 Å². The number of furan rings is 1. The third-order valence-corrected chi connectivity index (χ3v) is 5.61. The van der Waals surface area contributed by atoms with Gasteiger partial charge >= 0.3 is 0 Å². The summed E-state index contributed by atoms with van der Waals surface area (Å²) in [6.45, 7) is 5.75. The summed E-state index contributed by atoms with van der Waals surface area (Å²) >= 11 is 0. The van der Waals surface area contributed by atoms with Crippen molar-refractivity contribution >= 4 is 17.4 Å². The van der Waals surface area contributed by atoms with Crippen LogP contribution >= 0.6 is 0 Å². The second-order valence-corrected chi connectivity index (χ2v) is 7.64. The van der Waals surface area contributed by atoms with Crippen LogP contribution in [0.2, 0.25) is 0 Å². The van der Waals surface area contributed by atoms with Crippen molar-refractivity contribution in [2.24, 2.45) is 0 Å². The van der Waals surface area contributed by atoms with Crippen molar-refractivity contribution in [3.05, 3.63) is 89.8 Å². The Morgan fingerprint density at radius 3 is 2.39 bits per heavy atom. The Kier molecular flexibility index (Phi) is 6.88. The van der Waals surface area contributed by atoms with Gasteiger partial charge in [0.25, 0.3) is 11.8 Å². The summed E-state index contributed by atoms with van der Waals surface area (Å²) in [5, 5.41) is 0. The first kappa shape index (κ1) is 22.3. The largest absolute Gasteiger partial charge is 0.494 e. The molecule has 1 aliphatic rings. The lowest BCUT2D eigenvalue weighted by atomic mass is 10.0. The molecule has 0 radical (unpaired) electrons. The molecule has 1 aromatic carbocycles. The van der Waals surface area contributed by atoms with Crippen molar-refractivity contribution in [3.8, 4) is 5.75 Å². The van der Waals surface area contributed by atoms with Crippen molar-refractivity contribution in [2.75, 3.05) is 19.7 Å². The molecule has 0 bridgehead atoms. The molecule has 0 atom stereocenters. The molecule has 7 nitrogen and oxygen atoms in total. The fourth-order valence-electron chi connectivity index (χ4n) is 3.94. The van der Waals surface area contributed by atoms with Crippen LogP contribution in [0.4, 0.5) is 0 Å². The Labute approximate surface area is 193 Å². The summed E-state index contributed by atoms with van der Waals surface area (Å²) in [6, 6.07) is 14.7. The monoisotopic (exact) mass is 445 g/mol. The van der Waals surface area contributed by atoms with Crippen LogP contribution in [0.25, 0.3) is 5.57 Å². The molecule has 0 fully saturated rings. The minimum Gasteiger partial charge on any atom is -0.494 e. The van der Waals surface area contributed by atoms with E-state index in [1.165, 1.54) is 11.2 Å². The Bertz CT molecular complexity index is 1120. The number of carbonyl (C=O) groups is 2. The highest BCUT2D eigenvalue weighted by Crippen LogP contribution is 2.33. The lowest BCUT2D eigenvalue weighted by Crippen LogP contribution is -2.35. The molecule has 0 aliphatic carbocycles. The zero-order valence-corrected chi connectivity index (χ0v) is 18.9. The van der Waals surface area contributed by atoms with Crippen LogP contribution in [0.3, 0.4) is 0 Å². The van der Waals surface area contributed by atoms with Gasteiger partial charge in [0.15, 0.2) is 0 Å². The average molecular weight is 446 g/mol. The highest BCUT2D eigenvalue weighted by molar-refractivity contribution is 6.35. The van der Waals surface area contributed by atoms with Gasteiger partial charge in [-0.2, -0.15) is 0 Å². The van der Waals surface area contributed by atoms with Crippen LogP contribution < -0.4 is 4.74 Å². The number of pyridine rings is 1. The van der Waals surface area contributed by atoms with E-state index in [0.29, 0.717) is 42.3 Å². The smallest absolute Gasteiger partial charge is 0.278 e. The third kappa shape index (κ3) is 4.82.